The van der Waals surface area contributed by atoms with Gasteiger partial charge in [-0.1, -0.05) is 0 Å². The Labute approximate surface area is 98.0 Å². The van der Waals surface area contributed by atoms with E-state index in [4.69, 9.17) is 5.11 Å². The van der Waals surface area contributed by atoms with Gasteiger partial charge in [0.2, 0.25) is 0 Å². The number of amides is 2. The SMILES string of the molecule is CCn1ncnc1CNC(=O)NC(C)C(=O)O. The first-order chi connectivity index (χ1) is 8.04. The van der Waals surface area contributed by atoms with Gasteiger partial charge in [-0.3, -0.25) is 4.79 Å². The van der Waals surface area contributed by atoms with Gasteiger partial charge in [0.05, 0.1) is 6.54 Å². The summed E-state index contributed by atoms with van der Waals surface area (Å²) in [6.07, 6.45) is 1.40. The standard InChI is InChI=1S/C9H15N5O3/c1-3-14-7(11-5-12-14)4-10-9(17)13-6(2)8(15)16/h5-6H,3-4H2,1-2H3,(H,15,16)(H2,10,13,17). The highest BCUT2D eigenvalue weighted by atomic mass is 16.4. The smallest absolute Gasteiger partial charge is 0.325 e. The second-order valence-electron chi connectivity index (χ2n) is 3.38. The lowest BCUT2D eigenvalue weighted by molar-refractivity contribution is -0.138. The van der Waals surface area contributed by atoms with Crippen molar-refractivity contribution in [3.8, 4) is 0 Å². The van der Waals surface area contributed by atoms with Gasteiger partial charge in [0.25, 0.3) is 0 Å². The summed E-state index contributed by atoms with van der Waals surface area (Å²) in [5, 5.41) is 17.3. The molecule has 0 aromatic carbocycles. The molecule has 1 atom stereocenters. The van der Waals surface area contributed by atoms with Gasteiger partial charge in [0.15, 0.2) is 0 Å². The van der Waals surface area contributed by atoms with Gasteiger partial charge in [0.1, 0.15) is 18.2 Å². The minimum atomic E-state index is -1.09. The monoisotopic (exact) mass is 241 g/mol. The number of hydrogen-bond acceptors (Lipinski definition) is 4. The average molecular weight is 241 g/mol. The molecule has 0 saturated heterocycles. The van der Waals surface area contributed by atoms with Crippen LogP contribution in [0.1, 0.15) is 19.7 Å². The maximum Gasteiger partial charge on any atom is 0.325 e. The molecule has 1 aromatic heterocycles. The van der Waals surface area contributed by atoms with Crippen molar-refractivity contribution in [2.45, 2.75) is 33.0 Å². The summed E-state index contributed by atoms with van der Waals surface area (Å²) < 4.78 is 1.64. The van der Waals surface area contributed by atoms with Crippen molar-refractivity contribution in [3.63, 3.8) is 0 Å². The fourth-order valence-electron chi connectivity index (χ4n) is 1.16. The van der Waals surface area contributed by atoms with Crippen LogP contribution in [0, 0.1) is 0 Å². The van der Waals surface area contributed by atoms with Gasteiger partial charge in [-0.15, -0.1) is 0 Å². The number of nitrogens with zero attached hydrogens (tertiary/aromatic N) is 3. The van der Waals surface area contributed by atoms with Crippen molar-refractivity contribution in [1.29, 1.82) is 0 Å². The van der Waals surface area contributed by atoms with Gasteiger partial charge < -0.3 is 15.7 Å². The molecule has 1 aromatic rings. The number of carbonyl (C=O) groups excluding carboxylic acids is 1. The molecule has 0 fully saturated rings. The molecule has 0 aliphatic carbocycles. The molecule has 1 rings (SSSR count). The van der Waals surface area contributed by atoms with E-state index in [1.165, 1.54) is 13.3 Å². The zero-order valence-electron chi connectivity index (χ0n) is 9.67. The summed E-state index contributed by atoms with van der Waals surface area (Å²) in [7, 11) is 0. The van der Waals surface area contributed by atoms with Crippen LogP contribution in [0.5, 0.6) is 0 Å². The number of nitrogens with one attached hydrogen (secondary N) is 2. The van der Waals surface area contributed by atoms with Crippen LogP contribution in [0.4, 0.5) is 4.79 Å². The lowest BCUT2D eigenvalue weighted by Gasteiger charge is -2.10. The normalized spacial score (nSPS) is 11.9. The molecule has 0 aliphatic rings. The van der Waals surface area contributed by atoms with E-state index in [0.717, 1.165) is 0 Å². The van der Waals surface area contributed by atoms with Crippen molar-refractivity contribution in [2.75, 3.05) is 0 Å². The molecule has 0 saturated carbocycles. The number of carbonyl (C=O) groups is 2. The van der Waals surface area contributed by atoms with E-state index >= 15 is 0 Å². The zero-order valence-corrected chi connectivity index (χ0v) is 9.67. The Kier molecular flexibility index (Phi) is 4.44. The minimum Gasteiger partial charge on any atom is -0.480 e. The van der Waals surface area contributed by atoms with Crippen molar-refractivity contribution < 1.29 is 14.7 Å². The minimum absolute atomic E-state index is 0.200. The Balaban J connectivity index is 2.41. The number of urea groups is 1. The van der Waals surface area contributed by atoms with E-state index in [0.29, 0.717) is 12.4 Å². The van der Waals surface area contributed by atoms with E-state index < -0.39 is 18.0 Å². The van der Waals surface area contributed by atoms with Gasteiger partial charge in [-0.05, 0) is 13.8 Å². The number of aliphatic carboxylic acids is 1. The van der Waals surface area contributed by atoms with Crippen LogP contribution in [-0.4, -0.2) is 37.9 Å². The molecule has 0 bridgehead atoms. The Morgan fingerprint density at radius 3 is 2.88 bits per heavy atom. The molecule has 17 heavy (non-hydrogen) atoms. The summed E-state index contributed by atoms with van der Waals surface area (Å²) in [4.78, 5) is 25.8. The predicted octanol–water partition coefficient (Wildman–Crippen LogP) is -0.430. The summed E-state index contributed by atoms with van der Waals surface area (Å²) in [6.45, 7) is 4.15. The highest BCUT2D eigenvalue weighted by molar-refractivity contribution is 5.81. The van der Waals surface area contributed by atoms with E-state index in [-0.39, 0.29) is 6.54 Å². The summed E-state index contributed by atoms with van der Waals surface area (Å²) >= 11 is 0. The first kappa shape index (κ1) is 12.9. The molecule has 1 unspecified atom stereocenters. The topological polar surface area (TPSA) is 109 Å². The third-order valence-electron chi connectivity index (χ3n) is 2.12. The maximum atomic E-state index is 11.3. The summed E-state index contributed by atoms with van der Waals surface area (Å²) in [5.74, 6) is -0.470. The zero-order chi connectivity index (χ0) is 12.8. The predicted molar refractivity (Wildman–Crippen MR) is 58.2 cm³/mol. The third-order valence-corrected chi connectivity index (χ3v) is 2.12. The third kappa shape index (κ3) is 3.74. The molecule has 0 radical (unpaired) electrons. The quantitative estimate of drug-likeness (QED) is 0.648. The number of rotatable bonds is 5. The number of aryl methyl sites for hydroxylation is 1. The van der Waals surface area contributed by atoms with Crippen LogP contribution in [0.2, 0.25) is 0 Å². The van der Waals surface area contributed by atoms with Crippen molar-refractivity contribution >= 4 is 12.0 Å². The van der Waals surface area contributed by atoms with E-state index in [2.05, 4.69) is 20.7 Å². The van der Waals surface area contributed by atoms with E-state index in [9.17, 15) is 9.59 Å². The lowest BCUT2D eigenvalue weighted by Crippen LogP contribution is -2.44. The first-order valence-corrected chi connectivity index (χ1v) is 5.18. The van der Waals surface area contributed by atoms with Crippen LogP contribution in [0.15, 0.2) is 6.33 Å². The highest BCUT2D eigenvalue weighted by Crippen LogP contribution is 1.92. The maximum absolute atomic E-state index is 11.3. The van der Waals surface area contributed by atoms with Crippen molar-refractivity contribution in [2.24, 2.45) is 0 Å². The molecule has 1 heterocycles. The molecule has 2 amide bonds. The second-order valence-corrected chi connectivity index (χ2v) is 3.38. The molecular formula is C9H15N5O3. The summed E-state index contributed by atoms with van der Waals surface area (Å²) in [5.41, 5.74) is 0. The Morgan fingerprint density at radius 1 is 1.59 bits per heavy atom. The van der Waals surface area contributed by atoms with Crippen LogP contribution in [0.3, 0.4) is 0 Å². The number of aromatic nitrogens is 3. The van der Waals surface area contributed by atoms with Gasteiger partial charge in [0, 0.05) is 6.54 Å². The van der Waals surface area contributed by atoms with Gasteiger partial charge >= 0.3 is 12.0 Å². The van der Waals surface area contributed by atoms with Gasteiger partial charge in [-0.25, -0.2) is 14.5 Å². The van der Waals surface area contributed by atoms with Crippen LogP contribution in [0.25, 0.3) is 0 Å². The second kappa shape index (κ2) is 5.83. The number of carboxylic acids is 1. The van der Waals surface area contributed by atoms with Crippen molar-refractivity contribution in [1.82, 2.24) is 25.4 Å². The average Bonchev–Trinajstić information content (AvgIpc) is 2.73. The first-order valence-electron chi connectivity index (χ1n) is 5.18. The largest absolute Gasteiger partial charge is 0.480 e. The molecular weight excluding hydrogens is 226 g/mol. The van der Waals surface area contributed by atoms with Crippen LogP contribution >= 0.6 is 0 Å². The van der Waals surface area contributed by atoms with E-state index in [1.54, 1.807) is 4.68 Å². The number of hydrogen-bond donors (Lipinski definition) is 3. The fourth-order valence-corrected chi connectivity index (χ4v) is 1.16. The molecule has 0 aliphatic heterocycles. The molecule has 8 heteroatoms. The Bertz CT molecular complexity index is 403. The van der Waals surface area contributed by atoms with Crippen LogP contribution in [-0.2, 0) is 17.9 Å². The fraction of sp³-hybridized carbons (Fsp3) is 0.556. The van der Waals surface area contributed by atoms with E-state index in [1.807, 2.05) is 6.92 Å². The summed E-state index contributed by atoms with van der Waals surface area (Å²) in [6, 6.07) is -1.48. The Hall–Kier alpha value is -2.12. The molecule has 8 nitrogen and oxygen atoms in total. The molecule has 0 spiro atoms. The van der Waals surface area contributed by atoms with Crippen molar-refractivity contribution in [3.05, 3.63) is 12.2 Å². The lowest BCUT2D eigenvalue weighted by atomic mass is 10.3. The van der Waals surface area contributed by atoms with Gasteiger partial charge in [-0.2, -0.15) is 5.10 Å². The molecule has 3 N–H and O–H groups in total. The molecule has 94 valence electrons. The van der Waals surface area contributed by atoms with Crippen LogP contribution < -0.4 is 10.6 Å². The Morgan fingerprint density at radius 2 is 2.29 bits per heavy atom. The number of carboxylic acid groups (broad SMARTS) is 1. The highest BCUT2D eigenvalue weighted by Gasteiger charge is 2.13.